The van der Waals surface area contributed by atoms with Crippen LogP contribution in [-0.4, -0.2) is 11.8 Å². The molecule has 2 N–H and O–H groups in total. The molecule has 94 valence electrons. The third kappa shape index (κ3) is 3.69. The van der Waals surface area contributed by atoms with E-state index in [1.54, 1.807) is 12.1 Å². The number of carbonyl (C=O) groups excluding carboxylic acids is 1. The van der Waals surface area contributed by atoms with Crippen LogP contribution in [0.3, 0.4) is 0 Å². The molecule has 0 spiro atoms. The average Bonchev–Trinajstić information content (AvgIpc) is 2.40. The van der Waals surface area contributed by atoms with Gasteiger partial charge in [-0.3, -0.25) is 4.79 Å². The summed E-state index contributed by atoms with van der Waals surface area (Å²) >= 11 is 0. The van der Waals surface area contributed by atoms with Crippen molar-refractivity contribution in [1.29, 1.82) is 0 Å². The van der Waals surface area contributed by atoms with Gasteiger partial charge in [-0.2, -0.15) is 0 Å². The van der Waals surface area contributed by atoms with E-state index in [1.165, 1.54) is 0 Å². The van der Waals surface area contributed by atoms with E-state index in [-0.39, 0.29) is 18.2 Å². The van der Waals surface area contributed by atoms with Crippen molar-refractivity contribution in [2.45, 2.75) is 12.5 Å². The monoisotopic (exact) mass is 261 g/mol. The Morgan fingerprint density at radius 1 is 0.944 bits per heavy atom. The zero-order valence-electron chi connectivity index (χ0n) is 9.95. The summed E-state index contributed by atoms with van der Waals surface area (Å²) in [6, 6.07) is 18.5. The Morgan fingerprint density at radius 2 is 1.44 bits per heavy atom. The van der Waals surface area contributed by atoms with E-state index < -0.39 is 6.04 Å². The van der Waals surface area contributed by atoms with Crippen LogP contribution in [0.25, 0.3) is 0 Å². The number of hydrogen-bond donors (Lipinski definition) is 1. The van der Waals surface area contributed by atoms with E-state index in [4.69, 9.17) is 5.73 Å². The van der Waals surface area contributed by atoms with Gasteiger partial charge in [0, 0.05) is 5.56 Å². The quantitative estimate of drug-likeness (QED) is 0.860. The molecule has 1 unspecified atom stereocenters. The summed E-state index contributed by atoms with van der Waals surface area (Å²) in [6.45, 7) is 0. The summed E-state index contributed by atoms with van der Waals surface area (Å²) < 4.78 is 0. The van der Waals surface area contributed by atoms with E-state index in [0.717, 1.165) is 5.56 Å². The fourth-order valence-electron chi connectivity index (χ4n) is 1.78. The Kier molecular flexibility index (Phi) is 5.56. The van der Waals surface area contributed by atoms with Crippen LogP contribution in [-0.2, 0) is 6.42 Å². The van der Waals surface area contributed by atoms with Crippen LogP contribution in [0.15, 0.2) is 60.7 Å². The molecule has 2 aromatic rings. The van der Waals surface area contributed by atoms with Crippen molar-refractivity contribution >= 4 is 18.2 Å². The summed E-state index contributed by atoms with van der Waals surface area (Å²) in [7, 11) is 0. The number of nitrogens with two attached hydrogens (primary N) is 1. The first-order chi connectivity index (χ1) is 8.27. The number of hydrogen-bond acceptors (Lipinski definition) is 2. The molecule has 0 aliphatic rings. The van der Waals surface area contributed by atoms with Crippen molar-refractivity contribution in [2.24, 2.45) is 5.73 Å². The summed E-state index contributed by atoms with van der Waals surface area (Å²) in [4.78, 5) is 12.0. The molecule has 0 bridgehead atoms. The standard InChI is InChI=1S/C15H15NO.ClH/c16-14(11-12-7-3-1-4-8-12)15(17)13-9-5-2-6-10-13;/h1-10,14H,11,16H2;1H. The lowest BCUT2D eigenvalue weighted by Gasteiger charge is -2.10. The molecule has 2 nitrogen and oxygen atoms in total. The Hall–Kier alpha value is -1.64. The highest BCUT2D eigenvalue weighted by molar-refractivity contribution is 6.00. The Morgan fingerprint density at radius 3 is 2.00 bits per heavy atom. The SMILES string of the molecule is Cl.NC(Cc1ccccc1)C(=O)c1ccccc1. The van der Waals surface area contributed by atoms with Gasteiger partial charge in [0.05, 0.1) is 6.04 Å². The fourth-order valence-corrected chi connectivity index (χ4v) is 1.78. The number of ketones is 1. The number of carbonyl (C=O) groups is 1. The molecule has 2 aromatic carbocycles. The van der Waals surface area contributed by atoms with Crippen molar-refractivity contribution in [3.05, 3.63) is 71.8 Å². The van der Waals surface area contributed by atoms with Crippen molar-refractivity contribution in [2.75, 3.05) is 0 Å². The molecule has 0 fully saturated rings. The second-order valence-corrected chi connectivity index (χ2v) is 4.03. The van der Waals surface area contributed by atoms with Crippen LogP contribution >= 0.6 is 12.4 Å². The predicted molar refractivity (Wildman–Crippen MR) is 76.1 cm³/mol. The van der Waals surface area contributed by atoms with Gasteiger partial charge in [0.15, 0.2) is 5.78 Å². The van der Waals surface area contributed by atoms with Gasteiger partial charge in [-0.25, -0.2) is 0 Å². The molecule has 2 rings (SSSR count). The largest absolute Gasteiger partial charge is 0.321 e. The first kappa shape index (κ1) is 14.4. The van der Waals surface area contributed by atoms with Crippen molar-refractivity contribution in [1.82, 2.24) is 0 Å². The molecule has 3 heteroatoms. The van der Waals surface area contributed by atoms with Crippen LogP contribution in [0, 0.1) is 0 Å². The normalized spacial score (nSPS) is 11.4. The zero-order valence-corrected chi connectivity index (χ0v) is 10.8. The predicted octanol–water partition coefficient (Wildman–Crippen LogP) is 2.86. The first-order valence-electron chi connectivity index (χ1n) is 5.66. The molecule has 0 heterocycles. The van der Waals surface area contributed by atoms with Gasteiger partial charge in [-0.05, 0) is 12.0 Å². The van der Waals surface area contributed by atoms with E-state index in [0.29, 0.717) is 12.0 Å². The topological polar surface area (TPSA) is 43.1 Å². The van der Waals surface area contributed by atoms with Gasteiger partial charge < -0.3 is 5.73 Å². The van der Waals surface area contributed by atoms with E-state index in [2.05, 4.69) is 0 Å². The highest BCUT2D eigenvalue weighted by Gasteiger charge is 2.15. The molecule has 0 saturated carbocycles. The van der Waals surface area contributed by atoms with E-state index in [9.17, 15) is 4.79 Å². The van der Waals surface area contributed by atoms with E-state index >= 15 is 0 Å². The smallest absolute Gasteiger partial charge is 0.179 e. The number of benzene rings is 2. The van der Waals surface area contributed by atoms with E-state index in [1.807, 2.05) is 48.5 Å². The molecule has 0 radical (unpaired) electrons. The van der Waals surface area contributed by atoms with Crippen molar-refractivity contribution < 1.29 is 4.79 Å². The second-order valence-electron chi connectivity index (χ2n) is 4.03. The molecule has 0 saturated heterocycles. The minimum absolute atomic E-state index is 0. The lowest BCUT2D eigenvalue weighted by molar-refractivity contribution is 0.0961. The third-order valence-corrected chi connectivity index (χ3v) is 2.69. The maximum Gasteiger partial charge on any atom is 0.179 e. The lowest BCUT2D eigenvalue weighted by atomic mass is 9.98. The summed E-state index contributed by atoms with van der Waals surface area (Å²) in [5, 5.41) is 0. The molecule has 1 atom stereocenters. The van der Waals surface area contributed by atoms with Gasteiger partial charge in [0.2, 0.25) is 0 Å². The lowest BCUT2D eigenvalue weighted by Crippen LogP contribution is -2.32. The van der Waals surface area contributed by atoms with Crippen LogP contribution in [0.5, 0.6) is 0 Å². The fraction of sp³-hybridized carbons (Fsp3) is 0.133. The summed E-state index contributed by atoms with van der Waals surface area (Å²) in [5.74, 6) is -0.00514. The minimum Gasteiger partial charge on any atom is -0.321 e. The van der Waals surface area contributed by atoms with Gasteiger partial charge in [0.25, 0.3) is 0 Å². The minimum atomic E-state index is -0.472. The summed E-state index contributed by atoms with van der Waals surface area (Å²) in [6.07, 6.45) is 0.578. The highest BCUT2D eigenvalue weighted by atomic mass is 35.5. The average molecular weight is 262 g/mol. The third-order valence-electron chi connectivity index (χ3n) is 2.69. The highest BCUT2D eigenvalue weighted by Crippen LogP contribution is 2.07. The number of halogens is 1. The maximum atomic E-state index is 12.0. The van der Waals surface area contributed by atoms with Gasteiger partial charge in [0.1, 0.15) is 0 Å². The molecular weight excluding hydrogens is 246 g/mol. The van der Waals surface area contributed by atoms with Crippen LogP contribution in [0.2, 0.25) is 0 Å². The van der Waals surface area contributed by atoms with Crippen LogP contribution < -0.4 is 5.73 Å². The molecule has 18 heavy (non-hydrogen) atoms. The zero-order chi connectivity index (χ0) is 12.1. The van der Waals surface area contributed by atoms with Gasteiger partial charge in [-0.1, -0.05) is 60.7 Å². The van der Waals surface area contributed by atoms with Crippen molar-refractivity contribution in [3.8, 4) is 0 Å². The van der Waals surface area contributed by atoms with Crippen LogP contribution in [0.1, 0.15) is 15.9 Å². The summed E-state index contributed by atoms with van der Waals surface area (Å²) in [5.41, 5.74) is 7.70. The van der Waals surface area contributed by atoms with Gasteiger partial charge in [-0.15, -0.1) is 12.4 Å². The maximum absolute atomic E-state index is 12.0. The number of rotatable bonds is 4. The Bertz CT molecular complexity index is 484. The second kappa shape index (κ2) is 6.94. The molecular formula is C15H16ClNO. The Labute approximate surface area is 113 Å². The van der Waals surface area contributed by atoms with Gasteiger partial charge >= 0.3 is 0 Å². The Balaban J connectivity index is 0.00000162. The molecule has 0 amide bonds. The van der Waals surface area contributed by atoms with Crippen molar-refractivity contribution in [3.63, 3.8) is 0 Å². The number of Topliss-reactive ketones (excluding diaryl/α,β-unsaturated/α-hetero) is 1. The molecule has 0 aliphatic heterocycles. The molecule has 0 aliphatic carbocycles. The molecule has 0 aromatic heterocycles. The van der Waals surface area contributed by atoms with Crippen LogP contribution in [0.4, 0.5) is 0 Å². The first-order valence-corrected chi connectivity index (χ1v) is 5.66.